The summed E-state index contributed by atoms with van der Waals surface area (Å²) >= 11 is -1.53. The summed E-state index contributed by atoms with van der Waals surface area (Å²) in [5.41, 5.74) is 0.296. The van der Waals surface area contributed by atoms with Crippen molar-refractivity contribution in [2.75, 3.05) is 0 Å². The van der Waals surface area contributed by atoms with Crippen LogP contribution in [0.5, 0.6) is 0 Å². The Bertz CT molecular complexity index is 665. The second kappa shape index (κ2) is 14.1. The Balaban J connectivity index is 4.05. The molecule has 0 saturated carbocycles. The molecule has 0 aromatic carbocycles. The van der Waals surface area contributed by atoms with Crippen molar-refractivity contribution in [3.05, 3.63) is 0 Å². The third kappa shape index (κ3) is 6.76. The molecule has 0 amide bonds. The average Bonchev–Trinajstić information content (AvgIpc) is 2.83. The summed E-state index contributed by atoms with van der Waals surface area (Å²) < 4.78 is 8.54. The number of hydrogen-bond donors (Lipinski definition) is 0. The highest BCUT2D eigenvalue weighted by Gasteiger charge is 2.68. The van der Waals surface area contributed by atoms with Crippen LogP contribution in [0.15, 0.2) is 0 Å². The van der Waals surface area contributed by atoms with Gasteiger partial charge in [-0.25, -0.2) is 0 Å². The van der Waals surface area contributed by atoms with Crippen molar-refractivity contribution in [1.29, 1.82) is 0 Å². The van der Waals surface area contributed by atoms with E-state index in [9.17, 15) is 0 Å². The Morgan fingerprint density at radius 1 is 0.632 bits per heavy atom. The molecule has 38 heavy (non-hydrogen) atoms. The first kappa shape index (κ1) is 36.5. The third-order valence-electron chi connectivity index (χ3n) is 13.1. The zero-order valence-corrected chi connectivity index (χ0v) is 30.6. The van der Waals surface area contributed by atoms with E-state index in [2.05, 4.69) is 111 Å². The van der Waals surface area contributed by atoms with Gasteiger partial charge in [0.2, 0.25) is 0 Å². The monoisotopic (exact) mass is 549 g/mol. The van der Waals surface area contributed by atoms with E-state index >= 15 is 0 Å². The van der Waals surface area contributed by atoms with Gasteiger partial charge >= 0.3 is 14.5 Å². The van der Waals surface area contributed by atoms with Crippen molar-refractivity contribution in [2.45, 2.75) is 184 Å². The molecule has 0 radical (unpaired) electrons. The summed E-state index contributed by atoms with van der Waals surface area (Å²) in [5, 5.41) is 1.34. The predicted octanol–water partition coefficient (Wildman–Crippen LogP) is 12.4. The van der Waals surface area contributed by atoms with Crippen LogP contribution in [0.2, 0.25) is 9.56 Å². The van der Waals surface area contributed by atoms with Gasteiger partial charge < -0.3 is 3.79 Å². The highest BCUT2D eigenvalue weighted by Crippen LogP contribution is 2.67. The standard InChI is InChI=1S/C28H56O.C8H17.Al/c1-14-18-21(5)25(8,9)24(17-4)28(29,26(10,11)22(6)19-15-2)27(12,13)23(7)20-16-3;1-5-6-8(4)7(2)3;/h21-24H,4,14-20H2,1-3,5-13H3;8H,5-6H2,1-4H3;/q-1;;+1. The third-order valence-corrected chi connectivity index (χ3v) is 16.8. The molecule has 1 saturated heterocycles. The van der Waals surface area contributed by atoms with Crippen LogP contribution in [0.1, 0.15) is 169 Å². The van der Waals surface area contributed by atoms with Gasteiger partial charge in [0.25, 0.3) is 0 Å². The van der Waals surface area contributed by atoms with Crippen molar-refractivity contribution in [3.8, 4) is 0 Å². The summed E-state index contributed by atoms with van der Waals surface area (Å²) in [7, 11) is 0. The SMILES string of the molecule is CCCC(C)C(C)(C)C1C[CH2][Al]([C](C)(C)C(C)CCC)[O]C1(C(C)(C)C(C)CCC)C(C)(C)C(C)CCC. The maximum absolute atomic E-state index is 8.24. The summed E-state index contributed by atoms with van der Waals surface area (Å²) in [6, 6.07) is 0. The largest absolute Gasteiger partial charge is 0.495 e. The topological polar surface area (TPSA) is 9.23 Å². The maximum Gasteiger partial charge on any atom is 0.467 e. The van der Waals surface area contributed by atoms with Crippen molar-refractivity contribution in [3.63, 3.8) is 0 Å². The molecule has 0 aromatic heterocycles. The molecule has 1 fully saturated rings. The first-order valence-corrected chi connectivity index (χ1v) is 18.9. The highest BCUT2D eigenvalue weighted by molar-refractivity contribution is 6.56. The van der Waals surface area contributed by atoms with Crippen LogP contribution >= 0.6 is 0 Å². The summed E-state index contributed by atoms with van der Waals surface area (Å²) in [6.07, 6.45) is 11.6. The lowest BCUT2D eigenvalue weighted by molar-refractivity contribution is -0.242. The van der Waals surface area contributed by atoms with E-state index in [1.54, 1.807) is 0 Å². The van der Waals surface area contributed by atoms with E-state index in [1.807, 2.05) is 0 Å². The molecule has 1 nitrogen and oxygen atoms in total. The smallest absolute Gasteiger partial charge is 0.467 e. The fraction of sp³-hybridized carbons (Fsp3) is 1.00. The van der Waals surface area contributed by atoms with Gasteiger partial charge in [0.15, 0.2) is 0 Å². The zero-order valence-electron chi connectivity index (χ0n) is 29.4. The van der Waals surface area contributed by atoms with Crippen LogP contribution < -0.4 is 0 Å². The average molecular weight is 549 g/mol. The van der Waals surface area contributed by atoms with E-state index < -0.39 is 14.5 Å². The Labute approximate surface area is 247 Å². The van der Waals surface area contributed by atoms with Crippen LogP contribution in [-0.2, 0) is 3.79 Å². The molecule has 1 rings (SSSR count). The molecule has 0 bridgehead atoms. The van der Waals surface area contributed by atoms with Gasteiger partial charge in [0.1, 0.15) is 0 Å². The molecule has 5 atom stereocenters. The first-order valence-electron chi connectivity index (χ1n) is 17.0. The Morgan fingerprint density at radius 2 is 1.00 bits per heavy atom. The van der Waals surface area contributed by atoms with Crippen LogP contribution in [0.4, 0.5) is 0 Å². The Kier molecular flexibility index (Phi) is 13.6. The molecular formula is C36H73AlO. The quantitative estimate of drug-likeness (QED) is 0.174. The van der Waals surface area contributed by atoms with Gasteiger partial charge in [0.05, 0.1) is 5.60 Å². The van der Waals surface area contributed by atoms with E-state index in [0.717, 1.165) is 5.92 Å². The second-order valence-electron chi connectivity index (χ2n) is 16.3. The van der Waals surface area contributed by atoms with Crippen LogP contribution in [0.25, 0.3) is 0 Å². The lowest BCUT2D eigenvalue weighted by atomic mass is 9.44. The zero-order chi connectivity index (χ0) is 29.7. The van der Waals surface area contributed by atoms with Gasteiger partial charge in [-0.1, -0.05) is 174 Å². The van der Waals surface area contributed by atoms with Crippen LogP contribution in [-0.4, -0.2) is 20.1 Å². The fourth-order valence-corrected chi connectivity index (χ4v) is 12.8. The summed E-state index contributed by atoms with van der Waals surface area (Å²) in [4.78, 5) is 0. The van der Waals surface area contributed by atoms with Crippen molar-refractivity contribution < 1.29 is 3.79 Å². The van der Waals surface area contributed by atoms with Crippen molar-refractivity contribution >= 4 is 14.5 Å². The minimum atomic E-state index is -1.53. The molecule has 2 heteroatoms. The Hall–Kier alpha value is 0.492. The van der Waals surface area contributed by atoms with E-state index in [0.29, 0.717) is 27.9 Å². The van der Waals surface area contributed by atoms with Gasteiger partial charge in [-0.3, -0.25) is 0 Å². The molecule has 1 aliphatic heterocycles. The molecule has 0 N–H and O–H groups in total. The van der Waals surface area contributed by atoms with E-state index in [-0.39, 0.29) is 21.8 Å². The van der Waals surface area contributed by atoms with Crippen LogP contribution in [0, 0.1) is 45.8 Å². The first-order chi connectivity index (χ1) is 17.4. The van der Waals surface area contributed by atoms with Gasteiger partial charge in [0, 0.05) is 0 Å². The van der Waals surface area contributed by atoms with Crippen molar-refractivity contribution in [1.82, 2.24) is 0 Å². The fourth-order valence-electron chi connectivity index (χ4n) is 8.93. The lowest BCUT2D eigenvalue weighted by Crippen LogP contribution is -2.72. The molecule has 1 heterocycles. The molecule has 0 spiro atoms. The molecule has 5 unspecified atom stereocenters. The van der Waals surface area contributed by atoms with Gasteiger partial charge in [-0.05, 0) is 50.1 Å². The van der Waals surface area contributed by atoms with Crippen molar-refractivity contribution in [2.24, 2.45) is 45.8 Å². The minimum Gasteiger partial charge on any atom is -0.495 e. The molecule has 0 aliphatic carbocycles. The second-order valence-corrected chi connectivity index (χ2v) is 19.6. The molecule has 1 aliphatic rings. The van der Waals surface area contributed by atoms with Gasteiger partial charge in [-0.2, -0.15) is 0 Å². The maximum atomic E-state index is 8.24. The lowest BCUT2D eigenvalue weighted by Gasteiger charge is -2.70. The summed E-state index contributed by atoms with van der Waals surface area (Å²) in [5.74, 6) is 3.24. The minimum absolute atomic E-state index is 0.0954. The normalized spacial score (nSPS) is 25.3. The number of rotatable bonds is 16. The van der Waals surface area contributed by atoms with Crippen LogP contribution in [0.3, 0.4) is 0 Å². The Morgan fingerprint density at radius 3 is 1.39 bits per heavy atom. The molecular weight excluding hydrogens is 475 g/mol. The molecule has 226 valence electrons. The predicted molar refractivity (Wildman–Crippen MR) is 174 cm³/mol. The van der Waals surface area contributed by atoms with Gasteiger partial charge in [-0.15, -0.1) is 0 Å². The number of hydrogen-bond acceptors (Lipinski definition) is 1. The van der Waals surface area contributed by atoms with E-state index in [4.69, 9.17) is 3.79 Å². The van der Waals surface area contributed by atoms with E-state index in [1.165, 1.54) is 63.1 Å². The molecule has 0 aromatic rings. The summed E-state index contributed by atoms with van der Waals surface area (Å²) in [6.45, 7) is 40.7. The highest BCUT2D eigenvalue weighted by atomic mass is 27.2.